The summed E-state index contributed by atoms with van der Waals surface area (Å²) in [6, 6.07) is 7.34. The highest BCUT2D eigenvalue weighted by atomic mass is 35.5. The van der Waals surface area contributed by atoms with Crippen molar-refractivity contribution in [2.24, 2.45) is 0 Å². The van der Waals surface area contributed by atoms with Crippen molar-refractivity contribution >= 4 is 23.6 Å². The van der Waals surface area contributed by atoms with Crippen molar-refractivity contribution in [3.8, 4) is 0 Å². The molecular weight excluding hydrogens is 224 g/mol. The topological polar surface area (TPSA) is 26.3 Å². The van der Waals surface area contributed by atoms with Crippen molar-refractivity contribution < 1.29 is 9.53 Å². The molecule has 0 aliphatic rings. The zero-order valence-electron chi connectivity index (χ0n) is 9.50. The first-order chi connectivity index (χ1) is 7.67. The molecule has 0 saturated heterocycles. The van der Waals surface area contributed by atoms with Gasteiger partial charge in [-0.1, -0.05) is 30.7 Å². The first-order valence-corrected chi connectivity index (χ1v) is 5.68. The maximum atomic E-state index is 11.5. The Morgan fingerprint density at radius 1 is 1.31 bits per heavy atom. The van der Waals surface area contributed by atoms with E-state index in [1.54, 1.807) is 19.1 Å². The van der Waals surface area contributed by atoms with Crippen LogP contribution >= 0.6 is 11.6 Å². The van der Waals surface area contributed by atoms with Crippen molar-refractivity contribution in [3.05, 3.63) is 40.4 Å². The van der Waals surface area contributed by atoms with Crippen LogP contribution in [0, 0.1) is 0 Å². The Morgan fingerprint density at radius 2 is 1.94 bits per heavy atom. The van der Waals surface area contributed by atoms with Crippen LogP contribution in [0.2, 0.25) is 5.02 Å². The molecule has 0 amide bonds. The van der Waals surface area contributed by atoms with Gasteiger partial charge in [-0.05, 0) is 37.1 Å². The van der Waals surface area contributed by atoms with Gasteiger partial charge >= 0.3 is 5.97 Å². The standard InChI is InChI=1S/C13H15ClO2/c1-3-11(13(15)16-4-2)9-10-5-7-12(14)8-6-10/h5-9H,3-4H2,1-2H3/b11-9+. The lowest BCUT2D eigenvalue weighted by Crippen LogP contribution is -2.06. The third-order valence-electron chi connectivity index (χ3n) is 2.13. The number of ether oxygens (including phenoxy) is 1. The van der Waals surface area contributed by atoms with Crippen molar-refractivity contribution in [2.75, 3.05) is 6.61 Å². The average Bonchev–Trinajstić information content (AvgIpc) is 2.28. The summed E-state index contributed by atoms with van der Waals surface area (Å²) in [4.78, 5) is 11.5. The molecule has 1 aromatic rings. The Balaban J connectivity index is 2.87. The molecule has 0 heterocycles. The lowest BCUT2D eigenvalue weighted by Gasteiger charge is -2.04. The van der Waals surface area contributed by atoms with Crippen LogP contribution in [-0.4, -0.2) is 12.6 Å². The van der Waals surface area contributed by atoms with Crippen LogP contribution in [0.4, 0.5) is 0 Å². The number of hydrogen-bond acceptors (Lipinski definition) is 2. The molecule has 0 fully saturated rings. The molecule has 0 aliphatic heterocycles. The minimum Gasteiger partial charge on any atom is -0.463 e. The van der Waals surface area contributed by atoms with Gasteiger partial charge in [-0.25, -0.2) is 4.79 Å². The SMILES string of the molecule is CCOC(=O)/C(=C/c1ccc(Cl)cc1)CC. The first-order valence-electron chi connectivity index (χ1n) is 5.30. The predicted molar refractivity (Wildman–Crippen MR) is 66.4 cm³/mol. The minimum absolute atomic E-state index is 0.250. The zero-order valence-corrected chi connectivity index (χ0v) is 10.3. The van der Waals surface area contributed by atoms with E-state index in [-0.39, 0.29) is 5.97 Å². The highest BCUT2D eigenvalue weighted by Gasteiger charge is 2.07. The lowest BCUT2D eigenvalue weighted by atomic mass is 10.1. The van der Waals surface area contributed by atoms with Gasteiger partial charge in [0.2, 0.25) is 0 Å². The smallest absolute Gasteiger partial charge is 0.333 e. The minimum atomic E-state index is -0.250. The molecule has 0 aliphatic carbocycles. The molecule has 86 valence electrons. The number of benzene rings is 1. The first kappa shape index (κ1) is 12.8. The molecule has 0 saturated carbocycles. The van der Waals surface area contributed by atoms with Crippen LogP contribution in [0.3, 0.4) is 0 Å². The van der Waals surface area contributed by atoms with E-state index in [0.717, 1.165) is 5.56 Å². The third-order valence-corrected chi connectivity index (χ3v) is 2.38. The molecule has 0 unspecified atom stereocenters. The van der Waals surface area contributed by atoms with Crippen LogP contribution in [0.1, 0.15) is 25.8 Å². The van der Waals surface area contributed by atoms with Crippen LogP contribution in [-0.2, 0) is 9.53 Å². The second-order valence-corrected chi connectivity index (χ2v) is 3.73. The molecule has 0 bridgehead atoms. The number of halogens is 1. The van der Waals surface area contributed by atoms with Gasteiger partial charge in [0.05, 0.1) is 6.61 Å². The van der Waals surface area contributed by atoms with Gasteiger partial charge in [-0.2, -0.15) is 0 Å². The van der Waals surface area contributed by atoms with E-state index in [4.69, 9.17) is 16.3 Å². The second-order valence-electron chi connectivity index (χ2n) is 3.30. The van der Waals surface area contributed by atoms with Gasteiger partial charge in [-0.3, -0.25) is 0 Å². The summed E-state index contributed by atoms with van der Waals surface area (Å²) in [5.41, 5.74) is 1.62. The van der Waals surface area contributed by atoms with E-state index >= 15 is 0 Å². The molecule has 0 spiro atoms. The molecule has 16 heavy (non-hydrogen) atoms. The van der Waals surface area contributed by atoms with Crippen LogP contribution in [0.25, 0.3) is 6.08 Å². The molecule has 2 nitrogen and oxygen atoms in total. The van der Waals surface area contributed by atoms with Crippen LogP contribution < -0.4 is 0 Å². The Bertz CT molecular complexity index is 379. The van der Waals surface area contributed by atoms with Gasteiger partial charge < -0.3 is 4.74 Å². The van der Waals surface area contributed by atoms with Crippen LogP contribution in [0.15, 0.2) is 29.8 Å². The number of carbonyl (C=O) groups excluding carboxylic acids is 1. The van der Waals surface area contributed by atoms with E-state index in [1.807, 2.05) is 25.1 Å². The predicted octanol–water partition coefficient (Wildman–Crippen LogP) is 3.70. The fourth-order valence-electron chi connectivity index (χ4n) is 1.29. The summed E-state index contributed by atoms with van der Waals surface area (Å²) >= 11 is 5.78. The molecule has 1 rings (SSSR count). The second kappa shape index (κ2) is 6.33. The Kier molecular flexibility index (Phi) is 5.06. The van der Waals surface area contributed by atoms with Gasteiger partial charge in [0.1, 0.15) is 0 Å². The summed E-state index contributed by atoms with van der Waals surface area (Å²) in [6.45, 7) is 4.13. The largest absolute Gasteiger partial charge is 0.463 e. The van der Waals surface area contributed by atoms with E-state index < -0.39 is 0 Å². The molecule has 0 N–H and O–H groups in total. The molecule has 3 heteroatoms. The Hall–Kier alpha value is -1.28. The van der Waals surface area contributed by atoms with Crippen LogP contribution in [0.5, 0.6) is 0 Å². The number of rotatable bonds is 4. The molecule has 0 aromatic heterocycles. The Morgan fingerprint density at radius 3 is 2.44 bits per heavy atom. The fraction of sp³-hybridized carbons (Fsp3) is 0.308. The van der Waals surface area contributed by atoms with E-state index in [2.05, 4.69) is 0 Å². The fourth-order valence-corrected chi connectivity index (χ4v) is 1.42. The van der Waals surface area contributed by atoms with E-state index in [0.29, 0.717) is 23.6 Å². The summed E-state index contributed by atoms with van der Waals surface area (Å²) < 4.78 is 4.96. The van der Waals surface area contributed by atoms with E-state index in [1.165, 1.54) is 0 Å². The van der Waals surface area contributed by atoms with Gasteiger partial charge in [-0.15, -0.1) is 0 Å². The number of esters is 1. The van der Waals surface area contributed by atoms with Gasteiger partial charge in [0.25, 0.3) is 0 Å². The molecular formula is C13H15ClO2. The monoisotopic (exact) mass is 238 g/mol. The van der Waals surface area contributed by atoms with Crippen molar-refractivity contribution in [1.82, 2.24) is 0 Å². The highest BCUT2D eigenvalue weighted by molar-refractivity contribution is 6.30. The summed E-state index contributed by atoms with van der Waals surface area (Å²) in [7, 11) is 0. The average molecular weight is 239 g/mol. The van der Waals surface area contributed by atoms with Crippen molar-refractivity contribution in [3.63, 3.8) is 0 Å². The number of carbonyl (C=O) groups is 1. The lowest BCUT2D eigenvalue weighted by molar-refractivity contribution is -0.138. The third kappa shape index (κ3) is 3.70. The highest BCUT2D eigenvalue weighted by Crippen LogP contribution is 2.14. The molecule has 1 aromatic carbocycles. The molecule has 0 radical (unpaired) electrons. The van der Waals surface area contributed by atoms with Crippen molar-refractivity contribution in [1.29, 1.82) is 0 Å². The summed E-state index contributed by atoms with van der Waals surface area (Å²) in [6.07, 6.45) is 2.48. The zero-order chi connectivity index (χ0) is 12.0. The summed E-state index contributed by atoms with van der Waals surface area (Å²) in [5.74, 6) is -0.250. The summed E-state index contributed by atoms with van der Waals surface area (Å²) in [5, 5.41) is 0.686. The normalized spacial score (nSPS) is 11.3. The van der Waals surface area contributed by atoms with Gasteiger partial charge in [0.15, 0.2) is 0 Å². The van der Waals surface area contributed by atoms with Gasteiger partial charge in [0, 0.05) is 10.6 Å². The maximum Gasteiger partial charge on any atom is 0.333 e. The number of hydrogen-bond donors (Lipinski definition) is 0. The van der Waals surface area contributed by atoms with E-state index in [9.17, 15) is 4.79 Å². The maximum absolute atomic E-state index is 11.5. The molecule has 0 atom stereocenters. The Labute approximate surface area is 101 Å². The van der Waals surface area contributed by atoms with Crippen molar-refractivity contribution in [2.45, 2.75) is 20.3 Å². The quantitative estimate of drug-likeness (QED) is 0.591.